The normalized spacial score (nSPS) is 27.2. The topological polar surface area (TPSA) is 84.3 Å². The van der Waals surface area contributed by atoms with E-state index in [0.29, 0.717) is 0 Å². The van der Waals surface area contributed by atoms with Gasteiger partial charge in [-0.2, -0.15) is 0 Å². The highest BCUT2D eigenvalue weighted by atomic mass is 16.5. The monoisotopic (exact) mass is 300 g/mol. The lowest BCUT2D eigenvalue weighted by molar-refractivity contribution is -0.0101. The van der Waals surface area contributed by atoms with Crippen molar-refractivity contribution in [1.29, 1.82) is 0 Å². The quantitative estimate of drug-likeness (QED) is 0.729. The van der Waals surface area contributed by atoms with E-state index in [-0.39, 0.29) is 18.9 Å². The van der Waals surface area contributed by atoms with Gasteiger partial charge >= 0.3 is 5.69 Å². The van der Waals surface area contributed by atoms with Crippen molar-refractivity contribution in [2.75, 3.05) is 0 Å². The third-order valence-electron chi connectivity index (χ3n) is 3.49. The molecule has 2 aliphatic rings. The summed E-state index contributed by atoms with van der Waals surface area (Å²) in [6.45, 7) is -0.0978. The maximum atomic E-state index is 12.0. The van der Waals surface area contributed by atoms with E-state index in [4.69, 9.17) is 6.11 Å². The van der Waals surface area contributed by atoms with Gasteiger partial charge in [-0.15, -0.1) is 0 Å². The Labute approximate surface area is 128 Å². The number of allylic oxidation sites excluding steroid dienone is 4. The molecule has 2 heterocycles. The van der Waals surface area contributed by atoms with Crippen LogP contribution >= 0.6 is 0 Å². The number of nitrogens with one attached hydrogen (secondary N) is 1. The van der Waals surface area contributed by atoms with Crippen LogP contribution in [0.15, 0.2) is 39.6 Å². The first-order chi connectivity index (χ1) is 11.1. The molecular formula is C16H15N2O4. The molecule has 2 N–H and O–H groups in total. The number of nitrogens with zero attached hydrogens (tertiary/aromatic N) is 1. The van der Waals surface area contributed by atoms with Gasteiger partial charge in [-0.25, -0.2) is 4.79 Å². The lowest BCUT2D eigenvalue weighted by atomic mass is 10.2. The number of aromatic amines is 1. The molecule has 1 aliphatic carbocycles. The molecule has 0 spiro atoms. The Morgan fingerprint density at radius 1 is 1.45 bits per heavy atom. The number of ether oxygens (including phenoxy) is 1. The molecule has 0 aromatic carbocycles. The second-order valence-corrected chi connectivity index (χ2v) is 5.07. The molecule has 113 valence electrons. The van der Waals surface area contributed by atoms with Crippen molar-refractivity contribution in [3.05, 3.63) is 62.8 Å². The van der Waals surface area contributed by atoms with Crippen molar-refractivity contribution in [2.24, 2.45) is 0 Å². The van der Waals surface area contributed by atoms with Gasteiger partial charge in [-0.05, 0) is 6.90 Å². The molecule has 1 aliphatic heterocycles. The van der Waals surface area contributed by atoms with Gasteiger partial charge in [0.1, 0.15) is 11.8 Å². The number of aliphatic hydroxyl groups excluding tert-OH is 1. The Hall–Kier alpha value is -2.36. The molecule has 0 bridgehead atoms. The fourth-order valence-corrected chi connectivity index (χ4v) is 2.27. The molecule has 6 nitrogen and oxygen atoms in total. The summed E-state index contributed by atoms with van der Waals surface area (Å²) in [5.41, 5.74) is -0.292. The number of hydrogen-bond acceptors (Lipinski definition) is 4. The zero-order valence-corrected chi connectivity index (χ0v) is 11.7. The molecule has 1 aromatic heterocycles. The summed E-state index contributed by atoms with van der Waals surface area (Å²) in [4.78, 5) is 26.0. The Morgan fingerprint density at radius 2 is 2.32 bits per heavy atom. The van der Waals surface area contributed by atoms with Crippen molar-refractivity contribution < 1.29 is 11.2 Å². The molecule has 0 amide bonds. The van der Waals surface area contributed by atoms with Gasteiger partial charge in [0, 0.05) is 26.0 Å². The molecular weight excluding hydrogens is 284 g/mol. The Balaban J connectivity index is 1.91. The number of hydrogen-bond donors (Lipinski definition) is 2. The van der Waals surface area contributed by atoms with Crippen molar-refractivity contribution in [3.63, 3.8) is 0 Å². The van der Waals surface area contributed by atoms with Crippen LogP contribution in [0.4, 0.5) is 0 Å². The van der Waals surface area contributed by atoms with Crippen LogP contribution in [0.3, 0.4) is 0 Å². The van der Waals surface area contributed by atoms with Crippen LogP contribution in [0.25, 0.3) is 0 Å². The van der Waals surface area contributed by atoms with Crippen molar-refractivity contribution in [3.8, 4) is 11.8 Å². The van der Waals surface area contributed by atoms with Gasteiger partial charge in [0.15, 0.2) is 0 Å². The summed E-state index contributed by atoms with van der Waals surface area (Å²) in [6.07, 6.45) is 6.65. The van der Waals surface area contributed by atoms with Crippen LogP contribution in [0, 0.1) is 18.3 Å². The third-order valence-corrected chi connectivity index (χ3v) is 3.49. The molecule has 1 radical (unpaired) electrons. The molecule has 1 fully saturated rings. The molecule has 22 heavy (non-hydrogen) atoms. The van der Waals surface area contributed by atoms with Crippen LogP contribution in [0.5, 0.6) is 0 Å². The summed E-state index contributed by atoms with van der Waals surface area (Å²) in [5.74, 6) is 5.58. The van der Waals surface area contributed by atoms with Gasteiger partial charge in [-0.3, -0.25) is 14.3 Å². The molecule has 3 atom stereocenters. The molecule has 1 aromatic rings. The molecule has 3 rings (SSSR count). The van der Waals surface area contributed by atoms with E-state index in [0.717, 1.165) is 5.57 Å². The van der Waals surface area contributed by atoms with Crippen LogP contribution in [0.1, 0.15) is 26.5 Å². The van der Waals surface area contributed by atoms with Crippen LogP contribution in [-0.4, -0.2) is 26.9 Å². The average molecular weight is 300 g/mol. The Kier molecular flexibility index (Phi) is 3.51. The predicted octanol–water partition coefficient (Wildman–Crippen LogP) is 0.257. The maximum absolute atomic E-state index is 12.0. The highest BCUT2D eigenvalue weighted by Crippen LogP contribution is 2.26. The standard InChI is InChI=1S/C16H15N2O4/c1-10-13(19)8-14(22-10)18-9-12(15(20)17-16(18)21)7-6-11-4-2-3-5-11/h2-5,9-10,13-14,19H,8H2,1H3,(H,17,20,21)/t10-,13?,14-/m1/s1/i1D. The molecule has 1 unspecified atom stereocenters. The average Bonchev–Trinajstić information content (AvgIpc) is 3.15. The number of H-pyrrole nitrogens is 1. The molecule has 6 heteroatoms. The highest BCUT2D eigenvalue weighted by Gasteiger charge is 2.32. The number of aromatic nitrogens is 2. The lowest BCUT2D eigenvalue weighted by Gasteiger charge is -2.13. The van der Waals surface area contributed by atoms with E-state index in [1.54, 1.807) is 0 Å². The van der Waals surface area contributed by atoms with Crippen molar-refractivity contribution in [1.82, 2.24) is 9.55 Å². The summed E-state index contributed by atoms with van der Waals surface area (Å²) < 4.78 is 14.0. The number of rotatable bonds is 1. The molecule has 0 saturated carbocycles. The van der Waals surface area contributed by atoms with E-state index < -0.39 is 29.7 Å². The van der Waals surface area contributed by atoms with Crippen LogP contribution in [-0.2, 0) is 4.74 Å². The first-order valence-corrected chi connectivity index (χ1v) is 6.80. The predicted molar refractivity (Wildman–Crippen MR) is 79.9 cm³/mol. The van der Waals surface area contributed by atoms with E-state index in [1.807, 2.05) is 24.6 Å². The second-order valence-electron chi connectivity index (χ2n) is 5.07. The summed E-state index contributed by atoms with van der Waals surface area (Å²) in [5, 5.41) is 9.80. The second kappa shape index (κ2) is 5.79. The van der Waals surface area contributed by atoms with E-state index in [2.05, 4.69) is 16.8 Å². The fraction of sp³-hybridized carbons (Fsp3) is 0.312. The third kappa shape index (κ3) is 2.82. The van der Waals surface area contributed by atoms with Crippen molar-refractivity contribution in [2.45, 2.75) is 31.8 Å². The Morgan fingerprint density at radius 3 is 3.00 bits per heavy atom. The Bertz CT molecular complexity index is 840. The largest absolute Gasteiger partial charge is 0.390 e. The summed E-state index contributed by atoms with van der Waals surface area (Å²) >= 11 is 0. The first kappa shape index (κ1) is 13.3. The summed E-state index contributed by atoms with van der Waals surface area (Å²) in [6, 6.07) is 0. The lowest BCUT2D eigenvalue weighted by Crippen LogP contribution is -2.33. The van der Waals surface area contributed by atoms with Gasteiger partial charge in [-0.1, -0.05) is 30.1 Å². The maximum Gasteiger partial charge on any atom is 0.330 e. The minimum Gasteiger partial charge on any atom is -0.390 e. The van der Waals surface area contributed by atoms with Crippen molar-refractivity contribution >= 4 is 0 Å². The zero-order valence-electron chi connectivity index (χ0n) is 12.7. The minimum absolute atomic E-state index is 0.0978. The van der Waals surface area contributed by atoms with Gasteiger partial charge < -0.3 is 9.84 Å². The van der Waals surface area contributed by atoms with E-state index in [1.165, 1.54) is 10.8 Å². The van der Waals surface area contributed by atoms with Gasteiger partial charge in [0.2, 0.25) is 0 Å². The van der Waals surface area contributed by atoms with Crippen LogP contribution in [0.2, 0.25) is 0 Å². The minimum atomic E-state index is -0.810. The van der Waals surface area contributed by atoms with Gasteiger partial charge in [0.05, 0.1) is 12.2 Å². The number of aliphatic hydroxyl groups is 1. The van der Waals surface area contributed by atoms with Gasteiger partial charge in [0.25, 0.3) is 5.56 Å². The summed E-state index contributed by atoms with van der Waals surface area (Å²) in [7, 11) is 0. The first-order valence-electron chi connectivity index (χ1n) is 7.51. The SMILES string of the molecule is [2H]C[C@H]1O[C@@H](n2cc(C#CC3=CC=C[CH]3)c(=O)[nH]c2=O)CC1O. The van der Waals surface area contributed by atoms with E-state index in [9.17, 15) is 14.7 Å². The molecule has 1 saturated heterocycles. The van der Waals surface area contributed by atoms with Crippen LogP contribution < -0.4 is 11.2 Å². The smallest absolute Gasteiger partial charge is 0.330 e. The fourth-order valence-electron chi connectivity index (χ4n) is 2.27. The van der Waals surface area contributed by atoms with E-state index >= 15 is 0 Å². The zero-order chi connectivity index (χ0) is 16.4. The highest BCUT2D eigenvalue weighted by molar-refractivity contribution is 5.49.